The van der Waals surface area contributed by atoms with Gasteiger partial charge in [-0.05, 0) is 61.6 Å². The first kappa shape index (κ1) is 20.6. The molecule has 150 valence electrons. The third-order valence-electron chi connectivity index (χ3n) is 5.46. The van der Waals surface area contributed by atoms with E-state index in [-0.39, 0.29) is 24.4 Å². The van der Waals surface area contributed by atoms with Gasteiger partial charge in [0.05, 0.1) is 17.3 Å². The minimum atomic E-state index is -4.35. The van der Waals surface area contributed by atoms with Crippen LogP contribution >= 0.6 is 12.4 Å². The lowest BCUT2D eigenvalue weighted by atomic mass is 9.96. The van der Waals surface area contributed by atoms with E-state index in [2.05, 4.69) is 15.6 Å². The predicted molar refractivity (Wildman–Crippen MR) is 102 cm³/mol. The third-order valence-corrected chi connectivity index (χ3v) is 5.46. The molecule has 8 heteroatoms. The standard InChI is InChI=1S/C20H20F3N3O.ClH/c1-12-10-14(13-2-4-15(5-3-13)20(21,22)23)11-17(25-12)16-6-7-19(26-16)8-9-24-18(19)27;/h2-5,10-11,16,26H,6-9H2,1H3,(H,24,27);1H/t16-,19+;/m1./s1. The predicted octanol–water partition coefficient (Wildman–Crippen LogP) is 4.18. The fraction of sp³-hybridized carbons (Fsp3) is 0.400. The summed E-state index contributed by atoms with van der Waals surface area (Å²) in [6, 6.07) is 8.87. The van der Waals surface area contributed by atoms with Crippen LogP contribution in [0.1, 0.15) is 42.3 Å². The molecule has 0 unspecified atom stereocenters. The number of rotatable bonds is 2. The van der Waals surface area contributed by atoms with E-state index in [9.17, 15) is 18.0 Å². The number of alkyl halides is 3. The van der Waals surface area contributed by atoms with Crippen molar-refractivity contribution < 1.29 is 18.0 Å². The largest absolute Gasteiger partial charge is 0.416 e. The van der Waals surface area contributed by atoms with Crippen molar-refractivity contribution >= 4 is 18.3 Å². The molecule has 2 saturated heterocycles. The van der Waals surface area contributed by atoms with Crippen molar-refractivity contribution in [2.75, 3.05) is 6.54 Å². The molecule has 28 heavy (non-hydrogen) atoms. The first-order valence-corrected chi connectivity index (χ1v) is 8.99. The molecular weight excluding hydrogens is 391 g/mol. The molecule has 2 atom stereocenters. The zero-order valence-electron chi connectivity index (χ0n) is 15.3. The summed E-state index contributed by atoms with van der Waals surface area (Å²) in [5, 5.41) is 6.32. The van der Waals surface area contributed by atoms with E-state index in [1.165, 1.54) is 12.1 Å². The van der Waals surface area contributed by atoms with Crippen molar-refractivity contribution in [1.82, 2.24) is 15.6 Å². The van der Waals surface area contributed by atoms with Gasteiger partial charge in [0.15, 0.2) is 0 Å². The summed E-state index contributed by atoms with van der Waals surface area (Å²) < 4.78 is 38.3. The lowest BCUT2D eigenvalue weighted by Gasteiger charge is -2.22. The number of benzene rings is 1. The normalized spacial score (nSPS) is 24.3. The molecule has 2 aliphatic rings. The maximum Gasteiger partial charge on any atom is 0.416 e. The number of hydrogen-bond donors (Lipinski definition) is 2. The Labute approximate surface area is 167 Å². The first-order chi connectivity index (χ1) is 12.8. The van der Waals surface area contributed by atoms with Crippen LogP contribution in [0.5, 0.6) is 0 Å². The van der Waals surface area contributed by atoms with Gasteiger partial charge in [0.1, 0.15) is 5.54 Å². The second-order valence-electron chi connectivity index (χ2n) is 7.32. The molecule has 1 amide bonds. The highest BCUT2D eigenvalue weighted by atomic mass is 35.5. The van der Waals surface area contributed by atoms with Crippen molar-refractivity contribution in [1.29, 1.82) is 0 Å². The molecule has 3 heterocycles. The Hall–Kier alpha value is -2.12. The molecule has 2 aliphatic heterocycles. The molecule has 2 N–H and O–H groups in total. The van der Waals surface area contributed by atoms with Crippen LogP contribution in [0.4, 0.5) is 13.2 Å². The zero-order chi connectivity index (χ0) is 19.2. The van der Waals surface area contributed by atoms with E-state index < -0.39 is 17.3 Å². The molecule has 4 nitrogen and oxygen atoms in total. The van der Waals surface area contributed by atoms with E-state index in [1.807, 2.05) is 19.1 Å². The van der Waals surface area contributed by atoms with Crippen molar-refractivity contribution in [3.8, 4) is 11.1 Å². The summed E-state index contributed by atoms with van der Waals surface area (Å²) in [5.74, 6) is 0.0422. The molecule has 0 bridgehead atoms. The number of aryl methyl sites for hydroxylation is 1. The van der Waals surface area contributed by atoms with Crippen LogP contribution in [0.15, 0.2) is 36.4 Å². The van der Waals surface area contributed by atoms with Gasteiger partial charge >= 0.3 is 6.18 Å². The van der Waals surface area contributed by atoms with E-state index in [0.717, 1.165) is 48.3 Å². The monoisotopic (exact) mass is 411 g/mol. The van der Waals surface area contributed by atoms with Gasteiger partial charge in [0, 0.05) is 12.2 Å². The van der Waals surface area contributed by atoms with E-state index in [4.69, 9.17) is 0 Å². The summed E-state index contributed by atoms with van der Waals surface area (Å²) in [5.41, 5.74) is 1.97. The summed E-state index contributed by atoms with van der Waals surface area (Å²) in [6.07, 6.45) is -2.02. The van der Waals surface area contributed by atoms with E-state index in [0.29, 0.717) is 12.1 Å². The van der Waals surface area contributed by atoms with Crippen LogP contribution in [0.2, 0.25) is 0 Å². The van der Waals surface area contributed by atoms with Gasteiger partial charge in [-0.1, -0.05) is 12.1 Å². The first-order valence-electron chi connectivity index (χ1n) is 8.99. The van der Waals surface area contributed by atoms with Gasteiger partial charge in [0.2, 0.25) is 5.91 Å². The Balaban J connectivity index is 0.00000225. The molecule has 0 radical (unpaired) electrons. The molecule has 2 aromatic rings. The average molecular weight is 412 g/mol. The number of carbonyl (C=O) groups is 1. The molecular formula is C20H21ClF3N3O. The Bertz CT molecular complexity index is 885. The number of halogens is 4. The van der Waals surface area contributed by atoms with Crippen molar-refractivity contribution in [2.24, 2.45) is 0 Å². The molecule has 2 fully saturated rings. The number of nitrogens with one attached hydrogen (secondary N) is 2. The SMILES string of the molecule is Cc1cc(-c2ccc(C(F)(F)F)cc2)cc([C@H]2CC[C@@]3(CCNC3=O)N2)n1.Cl. The van der Waals surface area contributed by atoms with Crippen LogP contribution < -0.4 is 10.6 Å². The molecule has 0 saturated carbocycles. The molecule has 0 aliphatic carbocycles. The Kier molecular flexibility index (Phi) is 5.42. The van der Waals surface area contributed by atoms with Gasteiger partial charge in [-0.3, -0.25) is 15.1 Å². The minimum absolute atomic E-state index is 0. The van der Waals surface area contributed by atoms with Gasteiger partial charge in [-0.15, -0.1) is 12.4 Å². The Morgan fingerprint density at radius 2 is 1.82 bits per heavy atom. The maximum atomic E-state index is 12.8. The second-order valence-corrected chi connectivity index (χ2v) is 7.32. The highest BCUT2D eigenvalue weighted by Crippen LogP contribution is 2.38. The quantitative estimate of drug-likeness (QED) is 0.779. The summed E-state index contributed by atoms with van der Waals surface area (Å²) in [4.78, 5) is 16.8. The van der Waals surface area contributed by atoms with Crippen LogP contribution in [0.3, 0.4) is 0 Å². The number of nitrogens with zero attached hydrogens (tertiary/aromatic N) is 1. The fourth-order valence-electron chi connectivity index (χ4n) is 4.03. The molecule has 1 spiro atoms. The number of amides is 1. The van der Waals surface area contributed by atoms with Gasteiger partial charge in [-0.25, -0.2) is 0 Å². The highest BCUT2D eigenvalue weighted by molar-refractivity contribution is 5.88. The van der Waals surface area contributed by atoms with Crippen LogP contribution in [0, 0.1) is 6.92 Å². The van der Waals surface area contributed by atoms with E-state index >= 15 is 0 Å². The van der Waals surface area contributed by atoms with Crippen molar-refractivity contribution in [3.05, 3.63) is 53.3 Å². The highest BCUT2D eigenvalue weighted by Gasteiger charge is 2.48. The van der Waals surface area contributed by atoms with Crippen LogP contribution in [0.25, 0.3) is 11.1 Å². The lowest BCUT2D eigenvalue weighted by Crippen LogP contribution is -2.47. The number of hydrogen-bond acceptors (Lipinski definition) is 3. The van der Waals surface area contributed by atoms with Crippen LogP contribution in [-0.2, 0) is 11.0 Å². The minimum Gasteiger partial charge on any atom is -0.354 e. The van der Waals surface area contributed by atoms with Gasteiger partial charge < -0.3 is 5.32 Å². The number of pyridine rings is 1. The summed E-state index contributed by atoms with van der Waals surface area (Å²) >= 11 is 0. The van der Waals surface area contributed by atoms with Crippen LogP contribution in [-0.4, -0.2) is 23.0 Å². The number of carbonyl (C=O) groups excluding carboxylic acids is 1. The summed E-state index contributed by atoms with van der Waals surface area (Å²) in [6.45, 7) is 2.54. The smallest absolute Gasteiger partial charge is 0.354 e. The fourth-order valence-corrected chi connectivity index (χ4v) is 4.03. The van der Waals surface area contributed by atoms with E-state index in [1.54, 1.807) is 0 Å². The zero-order valence-corrected chi connectivity index (χ0v) is 16.1. The van der Waals surface area contributed by atoms with Crippen molar-refractivity contribution in [2.45, 2.75) is 43.9 Å². The van der Waals surface area contributed by atoms with Crippen molar-refractivity contribution in [3.63, 3.8) is 0 Å². The summed E-state index contributed by atoms with van der Waals surface area (Å²) in [7, 11) is 0. The molecule has 1 aromatic heterocycles. The number of aromatic nitrogens is 1. The van der Waals surface area contributed by atoms with Gasteiger partial charge in [0.25, 0.3) is 0 Å². The maximum absolute atomic E-state index is 12.8. The molecule has 1 aromatic carbocycles. The third kappa shape index (κ3) is 3.73. The Morgan fingerprint density at radius 3 is 2.43 bits per heavy atom. The molecule has 4 rings (SSSR count). The van der Waals surface area contributed by atoms with Gasteiger partial charge in [-0.2, -0.15) is 13.2 Å². The second kappa shape index (κ2) is 7.37. The Morgan fingerprint density at radius 1 is 1.11 bits per heavy atom. The average Bonchev–Trinajstić information content (AvgIpc) is 3.21. The topological polar surface area (TPSA) is 54.0 Å². The lowest BCUT2D eigenvalue weighted by molar-refractivity contribution is -0.137.